The molecular formula is C19H21ClN2O. The molecule has 0 radical (unpaired) electrons. The van der Waals surface area contributed by atoms with E-state index >= 15 is 0 Å². The first-order valence-electron chi connectivity index (χ1n) is 7.91. The minimum absolute atomic E-state index is 0.121. The Bertz CT molecular complexity index is 721. The lowest BCUT2D eigenvalue weighted by molar-refractivity contribution is 0.0746. The number of anilines is 1. The largest absolute Gasteiger partial charge is 0.368 e. The van der Waals surface area contributed by atoms with Crippen molar-refractivity contribution < 1.29 is 4.79 Å². The van der Waals surface area contributed by atoms with Gasteiger partial charge in [0.2, 0.25) is 0 Å². The van der Waals surface area contributed by atoms with E-state index in [-0.39, 0.29) is 5.91 Å². The molecule has 4 heteroatoms. The molecule has 0 aliphatic carbocycles. The van der Waals surface area contributed by atoms with Gasteiger partial charge in [-0.25, -0.2) is 0 Å². The lowest BCUT2D eigenvalue weighted by atomic mass is 10.1. The molecule has 2 aromatic carbocycles. The maximum absolute atomic E-state index is 12.6. The number of carbonyl (C=O) groups excluding carboxylic acids is 1. The predicted octanol–water partition coefficient (Wildman–Crippen LogP) is 3.92. The van der Waals surface area contributed by atoms with Gasteiger partial charge in [-0.05, 0) is 43.7 Å². The number of hydrogen-bond acceptors (Lipinski definition) is 2. The van der Waals surface area contributed by atoms with Crippen LogP contribution in [0.3, 0.4) is 0 Å². The zero-order chi connectivity index (χ0) is 16.4. The van der Waals surface area contributed by atoms with Gasteiger partial charge in [0.1, 0.15) is 0 Å². The van der Waals surface area contributed by atoms with Crippen LogP contribution in [0.4, 0.5) is 5.69 Å². The van der Waals surface area contributed by atoms with Crippen molar-refractivity contribution in [2.75, 3.05) is 31.1 Å². The van der Waals surface area contributed by atoms with Crippen LogP contribution in [-0.4, -0.2) is 37.0 Å². The molecule has 0 spiro atoms. The fourth-order valence-electron chi connectivity index (χ4n) is 3.03. The molecule has 1 heterocycles. The van der Waals surface area contributed by atoms with E-state index in [9.17, 15) is 4.79 Å². The van der Waals surface area contributed by atoms with Crippen LogP contribution < -0.4 is 4.90 Å². The molecule has 3 rings (SSSR count). The predicted molar refractivity (Wildman–Crippen MR) is 95.5 cm³/mol. The third kappa shape index (κ3) is 3.50. The number of carbonyl (C=O) groups is 1. The molecule has 0 N–H and O–H groups in total. The highest BCUT2D eigenvalue weighted by atomic mass is 35.5. The Morgan fingerprint density at radius 2 is 1.74 bits per heavy atom. The van der Waals surface area contributed by atoms with Crippen LogP contribution >= 0.6 is 11.6 Å². The average Bonchev–Trinajstić information content (AvgIpc) is 2.56. The van der Waals surface area contributed by atoms with E-state index in [0.717, 1.165) is 42.3 Å². The summed E-state index contributed by atoms with van der Waals surface area (Å²) in [5.41, 5.74) is 4.27. The van der Waals surface area contributed by atoms with E-state index in [1.807, 2.05) is 54.3 Å². The summed E-state index contributed by atoms with van der Waals surface area (Å²) in [5.74, 6) is 0.121. The number of amides is 1. The molecule has 0 atom stereocenters. The van der Waals surface area contributed by atoms with E-state index in [2.05, 4.69) is 11.8 Å². The van der Waals surface area contributed by atoms with Gasteiger partial charge in [-0.2, -0.15) is 0 Å². The minimum Gasteiger partial charge on any atom is -0.368 e. The Morgan fingerprint density at radius 3 is 2.43 bits per heavy atom. The zero-order valence-electron chi connectivity index (χ0n) is 13.6. The van der Waals surface area contributed by atoms with Gasteiger partial charge < -0.3 is 9.80 Å². The van der Waals surface area contributed by atoms with E-state index < -0.39 is 0 Å². The van der Waals surface area contributed by atoms with Crippen molar-refractivity contribution in [3.63, 3.8) is 0 Å². The summed E-state index contributed by atoms with van der Waals surface area (Å²) in [6, 6.07) is 13.8. The monoisotopic (exact) mass is 328 g/mol. The molecule has 0 saturated carbocycles. The number of hydrogen-bond donors (Lipinski definition) is 0. The molecule has 0 unspecified atom stereocenters. The highest BCUT2D eigenvalue weighted by Gasteiger charge is 2.23. The van der Waals surface area contributed by atoms with Crippen LogP contribution in [0.1, 0.15) is 21.5 Å². The Labute approximate surface area is 142 Å². The fourth-order valence-corrected chi connectivity index (χ4v) is 3.20. The smallest absolute Gasteiger partial charge is 0.253 e. The molecule has 1 saturated heterocycles. The topological polar surface area (TPSA) is 23.6 Å². The molecule has 1 aliphatic rings. The van der Waals surface area contributed by atoms with Crippen LogP contribution in [-0.2, 0) is 0 Å². The van der Waals surface area contributed by atoms with Gasteiger partial charge in [0, 0.05) is 42.5 Å². The number of rotatable bonds is 2. The molecular weight excluding hydrogens is 308 g/mol. The van der Waals surface area contributed by atoms with Crippen molar-refractivity contribution in [3.05, 3.63) is 64.2 Å². The Morgan fingerprint density at radius 1 is 1.00 bits per heavy atom. The van der Waals surface area contributed by atoms with Crippen LogP contribution in [0, 0.1) is 13.8 Å². The van der Waals surface area contributed by atoms with Gasteiger partial charge >= 0.3 is 0 Å². The molecule has 3 nitrogen and oxygen atoms in total. The van der Waals surface area contributed by atoms with Gasteiger partial charge in [-0.1, -0.05) is 35.4 Å². The van der Waals surface area contributed by atoms with Gasteiger partial charge in [0.25, 0.3) is 5.91 Å². The highest BCUT2D eigenvalue weighted by Crippen LogP contribution is 2.25. The highest BCUT2D eigenvalue weighted by molar-refractivity contribution is 6.30. The molecule has 1 amide bonds. The number of nitrogens with zero attached hydrogens (tertiary/aromatic N) is 2. The van der Waals surface area contributed by atoms with Crippen molar-refractivity contribution in [1.82, 2.24) is 4.90 Å². The maximum Gasteiger partial charge on any atom is 0.253 e. The summed E-state index contributed by atoms with van der Waals surface area (Å²) in [5, 5.41) is 0.754. The standard InChI is InChI=1S/C19H21ClN2O/c1-14-4-3-5-16(12-14)19(23)22-10-8-21(9-11-22)18-13-17(20)7-6-15(18)2/h3-7,12-13H,8-11H2,1-2H3. The second kappa shape index (κ2) is 6.63. The quantitative estimate of drug-likeness (QED) is 0.834. The fraction of sp³-hybridized carbons (Fsp3) is 0.316. The van der Waals surface area contributed by atoms with E-state index in [4.69, 9.17) is 11.6 Å². The Balaban J connectivity index is 1.69. The van der Waals surface area contributed by atoms with Crippen molar-refractivity contribution in [2.45, 2.75) is 13.8 Å². The molecule has 1 aliphatic heterocycles. The molecule has 2 aromatic rings. The number of aryl methyl sites for hydroxylation is 2. The van der Waals surface area contributed by atoms with Gasteiger partial charge in [-0.3, -0.25) is 4.79 Å². The first-order valence-corrected chi connectivity index (χ1v) is 8.29. The van der Waals surface area contributed by atoms with Gasteiger partial charge in [-0.15, -0.1) is 0 Å². The zero-order valence-corrected chi connectivity index (χ0v) is 14.3. The summed E-state index contributed by atoms with van der Waals surface area (Å²) in [7, 11) is 0. The third-order valence-electron chi connectivity index (χ3n) is 4.34. The number of piperazine rings is 1. The molecule has 0 aromatic heterocycles. The van der Waals surface area contributed by atoms with Crippen LogP contribution in [0.5, 0.6) is 0 Å². The molecule has 0 bridgehead atoms. The van der Waals surface area contributed by atoms with Crippen molar-refractivity contribution in [1.29, 1.82) is 0 Å². The minimum atomic E-state index is 0.121. The first kappa shape index (κ1) is 15.9. The maximum atomic E-state index is 12.6. The second-order valence-corrected chi connectivity index (χ2v) is 6.52. The van der Waals surface area contributed by atoms with Crippen LogP contribution in [0.25, 0.3) is 0 Å². The summed E-state index contributed by atoms with van der Waals surface area (Å²) >= 11 is 6.12. The van der Waals surface area contributed by atoms with Crippen molar-refractivity contribution in [3.8, 4) is 0 Å². The summed E-state index contributed by atoms with van der Waals surface area (Å²) in [6.07, 6.45) is 0. The molecule has 120 valence electrons. The van der Waals surface area contributed by atoms with Crippen molar-refractivity contribution >= 4 is 23.2 Å². The lowest BCUT2D eigenvalue weighted by Crippen LogP contribution is -2.49. The summed E-state index contributed by atoms with van der Waals surface area (Å²) in [4.78, 5) is 16.8. The van der Waals surface area contributed by atoms with Gasteiger partial charge in [0.15, 0.2) is 0 Å². The number of halogens is 1. The van der Waals surface area contributed by atoms with Crippen LogP contribution in [0.15, 0.2) is 42.5 Å². The molecule has 23 heavy (non-hydrogen) atoms. The van der Waals surface area contributed by atoms with Crippen LogP contribution in [0.2, 0.25) is 5.02 Å². The molecule has 1 fully saturated rings. The van der Waals surface area contributed by atoms with Crippen molar-refractivity contribution in [2.24, 2.45) is 0 Å². The van der Waals surface area contributed by atoms with E-state index in [1.54, 1.807) is 0 Å². The van der Waals surface area contributed by atoms with E-state index in [0.29, 0.717) is 0 Å². The Kier molecular flexibility index (Phi) is 4.58. The van der Waals surface area contributed by atoms with Gasteiger partial charge in [0.05, 0.1) is 0 Å². The number of benzene rings is 2. The Hall–Kier alpha value is -2.00. The second-order valence-electron chi connectivity index (χ2n) is 6.08. The first-order chi connectivity index (χ1) is 11.0. The summed E-state index contributed by atoms with van der Waals surface area (Å²) in [6.45, 7) is 7.24. The lowest BCUT2D eigenvalue weighted by Gasteiger charge is -2.37. The third-order valence-corrected chi connectivity index (χ3v) is 4.58. The van der Waals surface area contributed by atoms with E-state index in [1.165, 1.54) is 11.3 Å². The normalized spacial score (nSPS) is 14.9. The SMILES string of the molecule is Cc1cccc(C(=O)N2CCN(c3cc(Cl)ccc3C)CC2)c1. The average molecular weight is 329 g/mol. The summed E-state index contributed by atoms with van der Waals surface area (Å²) < 4.78 is 0.